The highest BCUT2D eigenvalue weighted by Crippen LogP contribution is 2.54. The summed E-state index contributed by atoms with van der Waals surface area (Å²) >= 11 is 1.67. The Labute approximate surface area is 135 Å². The van der Waals surface area contributed by atoms with Crippen LogP contribution in [0.2, 0.25) is 0 Å². The SMILES string of the molecule is O=C(O)c1ccc(CSCCO)cc1N1CCC2(CC1)CC2. The van der Waals surface area contributed by atoms with Gasteiger partial charge >= 0.3 is 5.97 Å². The van der Waals surface area contributed by atoms with Crippen LogP contribution >= 0.6 is 11.8 Å². The lowest BCUT2D eigenvalue weighted by atomic mass is 9.93. The number of piperidine rings is 1. The number of hydrogen-bond donors (Lipinski definition) is 2. The lowest BCUT2D eigenvalue weighted by Crippen LogP contribution is -2.35. The molecule has 0 amide bonds. The third-order valence-corrected chi connectivity index (χ3v) is 5.93. The quantitative estimate of drug-likeness (QED) is 0.789. The molecule has 22 heavy (non-hydrogen) atoms. The zero-order valence-corrected chi connectivity index (χ0v) is 13.6. The summed E-state index contributed by atoms with van der Waals surface area (Å²) in [4.78, 5) is 13.8. The van der Waals surface area contributed by atoms with E-state index in [0.717, 1.165) is 30.1 Å². The maximum absolute atomic E-state index is 11.5. The van der Waals surface area contributed by atoms with Crippen molar-refractivity contribution in [3.63, 3.8) is 0 Å². The molecule has 1 aliphatic carbocycles. The fourth-order valence-corrected chi connectivity index (χ4v) is 3.95. The maximum atomic E-state index is 11.5. The molecular weight excluding hydrogens is 298 g/mol. The molecule has 1 aliphatic heterocycles. The Morgan fingerprint density at radius 1 is 1.23 bits per heavy atom. The van der Waals surface area contributed by atoms with E-state index in [9.17, 15) is 9.90 Å². The fraction of sp³-hybridized carbons (Fsp3) is 0.588. The lowest BCUT2D eigenvalue weighted by molar-refractivity contribution is 0.0697. The van der Waals surface area contributed by atoms with Crippen molar-refractivity contribution in [3.05, 3.63) is 29.3 Å². The van der Waals surface area contributed by atoms with E-state index in [0.29, 0.717) is 16.7 Å². The van der Waals surface area contributed by atoms with E-state index >= 15 is 0 Å². The molecule has 1 heterocycles. The molecule has 2 N–H and O–H groups in total. The van der Waals surface area contributed by atoms with Gasteiger partial charge in [-0.3, -0.25) is 0 Å². The Balaban J connectivity index is 1.76. The first-order chi connectivity index (χ1) is 10.6. The van der Waals surface area contributed by atoms with E-state index < -0.39 is 5.97 Å². The Morgan fingerprint density at radius 3 is 2.55 bits per heavy atom. The van der Waals surface area contributed by atoms with Gasteiger partial charge in [-0.1, -0.05) is 6.07 Å². The first kappa shape index (κ1) is 15.7. The van der Waals surface area contributed by atoms with Gasteiger partial charge in [0.05, 0.1) is 17.9 Å². The maximum Gasteiger partial charge on any atom is 0.337 e. The van der Waals surface area contributed by atoms with Crippen molar-refractivity contribution in [2.75, 3.05) is 30.3 Å². The van der Waals surface area contributed by atoms with E-state index in [4.69, 9.17) is 5.11 Å². The molecule has 1 aromatic carbocycles. The van der Waals surface area contributed by atoms with E-state index in [1.807, 2.05) is 12.1 Å². The van der Waals surface area contributed by atoms with Crippen molar-refractivity contribution in [2.24, 2.45) is 5.41 Å². The molecule has 3 rings (SSSR count). The Kier molecular flexibility index (Phi) is 4.64. The van der Waals surface area contributed by atoms with Gasteiger partial charge in [0.2, 0.25) is 0 Å². The lowest BCUT2D eigenvalue weighted by Gasteiger charge is -2.34. The summed E-state index contributed by atoms with van der Waals surface area (Å²) in [5.74, 6) is 0.671. The smallest absolute Gasteiger partial charge is 0.337 e. The Bertz CT molecular complexity index is 547. The number of carboxylic acids is 1. The Morgan fingerprint density at radius 2 is 1.95 bits per heavy atom. The van der Waals surface area contributed by atoms with Gasteiger partial charge in [0, 0.05) is 24.6 Å². The number of aromatic carboxylic acids is 1. The summed E-state index contributed by atoms with van der Waals surface area (Å²) in [6.45, 7) is 2.11. The number of carboxylic acid groups (broad SMARTS) is 1. The predicted octanol–water partition coefficient (Wildman–Crippen LogP) is 2.99. The standard InChI is InChI=1S/C17H23NO3S/c19-9-10-22-12-13-1-2-14(16(20)21)15(11-13)18-7-5-17(3-4-17)6-8-18/h1-2,11,19H,3-10,12H2,(H,20,21). The summed E-state index contributed by atoms with van der Waals surface area (Å²) in [5, 5.41) is 18.3. The normalized spacial score (nSPS) is 19.4. The minimum absolute atomic E-state index is 0.180. The van der Waals surface area contributed by atoms with Crippen LogP contribution in [-0.4, -0.2) is 41.6 Å². The van der Waals surface area contributed by atoms with Crippen molar-refractivity contribution in [2.45, 2.75) is 31.4 Å². The third-order valence-electron chi connectivity index (χ3n) is 4.92. The molecule has 0 bridgehead atoms. The van der Waals surface area contributed by atoms with E-state index in [1.165, 1.54) is 25.7 Å². The summed E-state index contributed by atoms with van der Waals surface area (Å²) in [5.41, 5.74) is 2.99. The molecule has 2 aliphatic rings. The van der Waals surface area contributed by atoms with Crippen LogP contribution in [0.4, 0.5) is 5.69 Å². The van der Waals surface area contributed by atoms with Gasteiger partial charge in [0.15, 0.2) is 0 Å². The number of nitrogens with zero attached hydrogens (tertiary/aromatic N) is 1. The van der Waals surface area contributed by atoms with Gasteiger partial charge < -0.3 is 15.1 Å². The molecule has 1 saturated carbocycles. The summed E-state index contributed by atoms with van der Waals surface area (Å²) < 4.78 is 0. The van der Waals surface area contributed by atoms with Crippen molar-refractivity contribution in [1.29, 1.82) is 0 Å². The van der Waals surface area contributed by atoms with Crippen LogP contribution in [0.25, 0.3) is 0 Å². The van der Waals surface area contributed by atoms with Crippen LogP contribution in [-0.2, 0) is 5.75 Å². The number of carbonyl (C=O) groups is 1. The highest BCUT2D eigenvalue weighted by molar-refractivity contribution is 7.98. The number of rotatable bonds is 6. The monoisotopic (exact) mass is 321 g/mol. The minimum atomic E-state index is -0.851. The highest BCUT2D eigenvalue weighted by Gasteiger charge is 2.44. The number of aliphatic hydroxyl groups excluding tert-OH is 1. The van der Waals surface area contributed by atoms with E-state index in [2.05, 4.69) is 4.90 Å². The molecule has 120 valence electrons. The molecule has 0 unspecified atom stereocenters. The molecule has 0 atom stereocenters. The second-order valence-corrected chi connectivity index (χ2v) is 7.53. The zero-order valence-electron chi connectivity index (χ0n) is 12.8. The van der Waals surface area contributed by atoms with Crippen LogP contribution < -0.4 is 4.90 Å². The molecule has 4 nitrogen and oxygen atoms in total. The second kappa shape index (κ2) is 6.50. The largest absolute Gasteiger partial charge is 0.478 e. The zero-order chi connectivity index (χ0) is 15.6. The molecular formula is C17H23NO3S. The van der Waals surface area contributed by atoms with Crippen LogP contribution in [0.15, 0.2) is 18.2 Å². The fourth-order valence-electron chi connectivity index (χ4n) is 3.26. The van der Waals surface area contributed by atoms with Crippen molar-refractivity contribution in [1.82, 2.24) is 0 Å². The molecule has 0 radical (unpaired) electrons. The molecule has 1 spiro atoms. The number of hydrogen-bond acceptors (Lipinski definition) is 4. The van der Waals surface area contributed by atoms with Crippen LogP contribution in [0.3, 0.4) is 0 Å². The van der Waals surface area contributed by atoms with E-state index in [-0.39, 0.29) is 6.61 Å². The van der Waals surface area contributed by atoms with Gasteiger partial charge in [0.1, 0.15) is 0 Å². The van der Waals surface area contributed by atoms with Crippen LogP contribution in [0, 0.1) is 5.41 Å². The van der Waals surface area contributed by atoms with Crippen molar-refractivity contribution < 1.29 is 15.0 Å². The molecule has 2 fully saturated rings. The van der Waals surface area contributed by atoms with Crippen molar-refractivity contribution in [3.8, 4) is 0 Å². The van der Waals surface area contributed by atoms with Crippen LogP contribution in [0.1, 0.15) is 41.6 Å². The molecule has 0 aromatic heterocycles. The summed E-state index contributed by atoms with van der Waals surface area (Å²) in [7, 11) is 0. The number of anilines is 1. The summed E-state index contributed by atoms with van der Waals surface area (Å²) in [6, 6.07) is 5.65. The average molecular weight is 321 g/mol. The van der Waals surface area contributed by atoms with E-state index in [1.54, 1.807) is 17.8 Å². The van der Waals surface area contributed by atoms with Gasteiger partial charge in [-0.2, -0.15) is 11.8 Å². The number of aliphatic hydroxyl groups is 1. The predicted molar refractivity (Wildman–Crippen MR) is 89.8 cm³/mol. The number of benzene rings is 1. The highest BCUT2D eigenvalue weighted by atomic mass is 32.2. The van der Waals surface area contributed by atoms with Gasteiger partial charge in [-0.25, -0.2) is 4.79 Å². The Hall–Kier alpha value is -1.20. The molecule has 1 saturated heterocycles. The first-order valence-electron chi connectivity index (χ1n) is 7.93. The third kappa shape index (κ3) is 3.41. The first-order valence-corrected chi connectivity index (χ1v) is 9.09. The second-order valence-electron chi connectivity index (χ2n) is 6.42. The summed E-state index contributed by atoms with van der Waals surface area (Å²) in [6.07, 6.45) is 5.08. The minimum Gasteiger partial charge on any atom is -0.478 e. The number of thioether (sulfide) groups is 1. The van der Waals surface area contributed by atoms with Crippen molar-refractivity contribution >= 4 is 23.4 Å². The van der Waals surface area contributed by atoms with Gasteiger partial charge in [-0.15, -0.1) is 0 Å². The average Bonchev–Trinajstić information content (AvgIpc) is 3.27. The van der Waals surface area contributed by atoms with Crippen LogP contribution in [0.5, 0.6) is 0 Å². The van der Waals surface area contributed by atoms with Gasteiger partial charge in [-0.05, 0) is 48.8 Å². The molecule has 5 heteroatoms. The van der Waals surface area contributed by atoms with Gasteiger partial charge in [0.25, 0.3) is 0 Å². The molecule has 1 aromatic rings. The topological polar surface area (TPSA) is 60.8 Å².